The molecule has 0 aromatic rings. The van der Waals surface area contributed by atoms with Crippen LogP contribution in [-0.4, -0.2) is 24.0 Å². The number of nitrogens with one attached hydrogen (secondary N) is 1. The lowest BCUT2D eigenvalue weighted by molar-refractivity contribution is 0.201. The third-order valence-electron chi connectivity index (χ3n) is 1.29. The zero-order valence-corrected chi connectivity index (χ0v) is 6.55. The molecule has 0 heterocycles. The number of hydrogen-bond donors (Lipinski definition) is 2. The Morgan fingerprint density at radius 1 is 1.60 bits per heavy atom. The van der Waals surface area contributed by atoms with E-state index in [1.165, 1.54) is 0 Å². The zero-order valence-electron chi connectivity index (χ0n) is 6.55. The molecule has 0 atom stereocenters. The Morgan fingerprint density at radius 3 is 2.50 bits per heavy atom. The lowest BCUT2D eigenvalue weighted by Crippen LogP contribution is -2.43. The molecule has 0 rings (SSSR count). The van der Waals surface area contributed by atoms with Crippen molar-refractivity contribution in [1.82, 2.24) is 10.3 Å². The summed E-state index contributed by atoms with van der Waals surface area (Å²) in [7, 11) is 0. The van der Waals surface area contributed by atoms with Crippen LogP contribution in [0.5, 0.6) is 0 Å². The van der Waals surface area contributed by atoms with Gasteiger partial charge < -0.3 is 4.90 Å². The summed E-state index contributed by atoms with van der Waals surface area (Å²) in [5.41, 5.74) is 2.09. The summed E-state index contributed by atoms with van der Waals surface area (Å²) in [5.74, 6) is 4.94. The van der Waals surface area contributed by atoms with Crippen molar-refractivity contribution >= 4 is 6.03 Å². The molecule has 4 heteroatoms. The van der Waals surface area contributed by atoms with Crippen LogP contribution >= 0.6 is 0 Å². The van der Waals surface area contributed by atoms with Crippen molar-refractivity contribution in [3.63, 3.8) is 0 Å². The fourth-order valence-electron chi connectivity index (χ4n) is 0.764. The first-order chi connectivity index (χ1) is 4.76. The van der Waals surface area contributed by atoms with Gasteiger partial charge in [0.1, 0.15) is 0 Å². The Labute approximate surface area is 61.3 Å². The summed E-state index contributed by atoms with van der Waals surface area (Å²) in [6.45, 7) is 5.41. The summed E-state index contributed by atoms with van der Waals surface area (Å²) in [6, 6.07) is -0.204. The molecule has 0 aromatic carbocycles. The van der Waals surface area contributed by atoms with Crippen molar-refractivity contribution in [3.8, 4) is 0 Å². The van der Waals surface area contributed by atoms with Crippen molar-refractivity contribution in [2.75, 3.05) is 13.1 Å². The quantitative estimate of drug-likeness (QED) is 0.341. The molecular weight excluding hydrogens is 130 g/mol. The molecular formula is C6H15N3O. The summed E-state index contributed by atoms with van der Waals surface area (Å²) in [6.07, 6.45) is 0.960. The van der Waals surface area contributed by atoms with Gasteiger partial charge in [0.2, 0.25) is 0 Å². The van der Waals surface area contributed by atoms with E-state index in [0.29, 0.717) is 6.54 Å². The average Bonchev–Trinajstić information content (AvgIpc) is 1.99. The average molecular weight is 145 g/mol. The number of hydrazine groups is 1. The Morgan fingerprint density at radius 2 is 2.20 bits per heavy atom. The minimum absolute atomic E-state index is 0.204. The van der Waals surface area contributed by atoms with Gasteiger partial charge in [-0.1, -0.05) is 6.92 Å². The third kappa shape index (κ3) is 2.68. The number of nitrogens with two attached hydrogens (primary N) is 1. The van der Waals surface area contributed by atoms with Crippen LogP contribution < -0.4 is 11.3 Å². The predicted molar refractivity (Wildman–Crippen MR) is 40.3 cm³/mol. The molecule has 0 bridgehead atoms. The third-order valence-corrected chi connectivity index (χ3v) is 1.29. The van der Waals surface area contributed by atoms with Crippen LogP contribution in [0.4, 0.5) is 4.79 Å². The van der Waals surface area contributed by atoms with Gasteiger partial charge in [-0.15, -0.1) is 0 Å². The molecule has 0 saturated carbocycles. The van der Waals surface area contributed by atoms with Gasteiger partial charge in [0.15, 0.2) is 0 Å². The Balaban J connectivity index is 3.68. The number of urea groups is 1. The summed E-state index contributed by atoms with van der Waals surface area (Å²) < 4.78 is 0. The van der Waals surface area contributed by atoms with Crippen LogP contribution in [0.3, 0.4) is 0 Å². The largest absolute Gasteiger partial charge is 0.331 e. The second-order valence-corrected chi connectivity index (χ2v) is 2.03. The van der Waals surface area contributed by atoms with E-state index in [1.807, 2.05) is 13.8 Å². The molecule has 3 N–H and O–H groups in total. The number of carbonyl (C=O) groups excluding carboxylic acids is 1. The van der Waals surface area contributed by atoms with E-state index in [4.69, 9.17) is 5.84 Å². The van der Waals surface area contributed by atoms with Gasteiger partial charge in [-0.05, 0) is 13.3 Å². The van der Waals surface area contributed by atoms with E-state index in [9.17, 15) is 4.79 Å². The van der Waals surface area contributed by atoms with Crippen molar-refractivity contribution in [3.05, 3.63) is 0 Å². The molecule has 0 aliphatic heterocycles. The van der Waals surface area contributed by atoms with Crippen molar-refractivity contribution in [1.29, 1.82) is 0 Å². The smallest absolute Gasteiger partial charge is 0.324 e. The monoisotopic (exact) mass is 145 g/mol. The van der Waals surface area contributed by atoms with E-state index in [1.54, 1.807) is 4.90 Å². The van der Waals surface area contributed by atoms with Gasteiger partial charge in [-0.3, -0.25) is 5.43 Å². The second-order valence-electron chi connectivity index (χ2n) is 2.03. The van der Waals surface area contributed by atoms with Crippen LogP contribution in [0.1, 0.15) is 20.3 Å². The van der Waals surface area contributed by atoms with Crippen LogP contribution in [0.2, 0.25) is 0 Å². The van der Waals surface area contributed by atoms with Crippen molar-refractivity contribution in [2.45, 2.75) is 20.3 Å². The van der Waals surface area contributed by atoms with E-state index in [2.05, 4.69) is 5.43 Å². The summed E-state index contributed by atoms with van der Waals surface area (Å²) >= 11 is 0. The first-order valence-corrected chi connectivity index (χ1v) is 3.51. The molecule has 60 valence electrons. The van der Waals surface area contributed by atoms with Gasteiger partial charge in [0.25, 0.3) is 0 Å². The Hall–Kier alpha value is -0.770. The van der Waals surface area contributed by atoms with Gasteiger partial charge in [-0.25, -0.2) is 10.6 Å². The molecule has 2 amide bonds. The lowest BCUT2D eigenvalue weighted by atomic mass is 10.4. The standard InChI is InChI=1S/C6H15N3O/c1-3-5-9(4-2)6(10)8-7/h3-5,7H2,1-2H3,(H,8,10). The maximum atomic E-state index is 10.8. The van der Waals surface area contributed by atoms with E-state index in [-0.39, 0.29) is 6.03 Å². The maximum Gasteiger partial charge on any atom is 0.331 e. The fraction of sp³-hybridized carbons (Fsp3) is 0.833. The van der Waals surface area contributed by atoms with Gasteiger partial charge >= 0.3 is 6.03 Å². The van der Waals surface area contributed by atoms with Crippen molar-refractivity contribution in [2.24, 2.45) is 5.84 Å². The van der Waals surface area contributed by atoms with Gasteiger partial charge in [-0.2, -0.15) is 0 Å². The minimum Gasteiger partial charge on any atom is -0.324 e. The first-order valence-electron chi connectivity index (χ1n) is 3.51. The summed E-state index contributed by atoms with van der Waals surface area (Å²) in [4.78, 5) is 12.5. The van der Waals surface area contributed by atoms with Gasteiger partial charge in [0, 0.05) is 13.1 Å². The number of carbonyl (C=O) groups is 1. The van der Waals surface area contributed by atoms with Crippen LogP contribution in [-0.2, 0) is 0 Å². The summed E-state index contributed by atoms with van der Waals surface area (Å²) in [5, 5.41) is 0. The second kappa shape index (κ2) is 5.05. The van der Waals surface area contributed by atoms with E-state index in [0.717, 1.165) is 13.0 Å². The number of amides is 2. The predicted octanol–water partition coefficient (Wildman–Crippen LogP) is 0.302. The molecule has 4 nitrogen and oxygen atoms in total. The first kappa shape index (κ1) is 9.23. The molecule has 0 unspecified atom stereocenters. The van der Waals surface area contributed by atoms with E-state index < -0.39 is 0 Å². The topological polar surface area (TPSA) is 58.4 Å². The zero-order chi connectivity index (χ0) is 7.98. The minimum atomic E-state index is -0.204. The molecule has 0 aliphatic carbocycles. The molecule has 0 aromatic heterocycles. The SMILES string of the molecule is CCCN(CC)C(=O)NN. The van der Waals surface area contributed by atoms with Crippen molar-refractivity contribution < 1.29 is 4.79 Å². The maximum absolute atomic E-state index is 10.8. The van der Waals surface area contributed by atoms with Gasteiger partial charge in [0.05, 0.1) is 0 Å². The lowest BCUT2D eigenvalue weighted by Gasteiger charge is -2.18. The normalized spacial score (nSPS) is 9.10. The number of rotatable bonds is 3. The molecule has 0 fully saturated rings. The van der Waals surface area contributed by atoms with Crippen LogP contribution in [0, 0.1) is 0 Å². The number of nitrogens with zero attached hydrogens (tertiary/aromatic N) is 1. The molecule has 0 aliphatic rings. The number of hydrogen-bond acceptors (Lipinski definition) is 2. The molecule has 10 heavy (non-hydrogen) atoms. The Bertz CT molecular complexity index is 105. The van der Waals surface area contributed by atoms with Crippen LogP contribution in [0.15, 0.2) is 0 Å². The molecule has 0 spiro atoms. The Kier molecular flexibility index (Phi) is 4.66. The van der Waals surface area contributed by atoms with E-state index >= 15 is 0 Å². The highest BCUT2D eigenvalue weighted by atomic mass is 16.2. The highest BCUT2D eigenvalue weighted by molar-refractivity contribution is 5.73. The molecule has 0 radical (unpaired) electrons. The van der Waals surface area contributed by atoms with Crippen LogP contribution in [0.25, 0.3) is 0 Å². The highest BCUT2D eigenvalue weighted by Gasteiger charge is 2.06. The highest BCUT2D eigenvalue weighted by Crippen LogP contribution is 1.89. The fourth-order valence-corrected chi connectivity index (χ4v) is 0.764. The molecule has 0 saturated heterocycles.